The van der Waals surface area contributed by atoms with E-state index >= 15 is 0 Å². The van der Waals surface area contributed by atoms with Crippen LogP contribution in [0.1, 0.15) is 27.7 Å². The van der Waals surface area contributed by atoms with Crippen LogP contribution in [0.4, 0.5) is 0 Å². The van der Waals surface area contributed by atoms with E-state index in [0.29, 0.717) is 0 Å². The molecule has 0 N–H and O–H groups in total. The molecule has 0 heterocycles. The number of ether oxygens (including phenoxy) is 1. The number of hydrogen-bond acceptors (Lipinski definition) is 3. The van der Waals surface area contributed by atoms with Crippen LogP contribution in [0.25, 0.3) is 0 Å². The monoisotopic (exact) mass is 180 g/mol. The van der Waals surface area contributed by atoms with Crippen LogP contribution >= 0.6 is 25.3 Å². The Morgan fingerprint density at radius 3 is 1.70 bits per heavy atom. The maximum atomic E-state index is 5.34. The maximum absolute atomic E-state index is 5.34. The van der Waals surface area contributed by atoms with Gasteiger partial charge in [0.2, 0.25) is 0 Å². The highest BCUT2D eigenvalue weighted by atomic mass is 32.2. The fourth-order valence-corrected chi connectivity index (χ4v) is 0.752. The quantitative estimate of drug-likeness (QED) is 0.490. The van der Waals surface area contributed by atoms with E-state index in [4.69, 9.17) is 4.74 Å². The van der Waals surface area contributed by atoms with Crippen molar-refractivity contribution in [2.45, 2.75) is 38.6 Å². The minimum absolute atomic E-state index is 0.170. The third kappa shape index (κ3) is 4.47. The van der Waals surface area contributed by atoms with E-state index < -0.39 is 0 Å². The largest absolute Gasteiger partial charge is 0.355 e. The Hall–Kier alpha value is 0.660. The molecule has 0 radical (unpaired) electrons. The van der Waals surface area contributed by atoms with Gasteiger partial charge in [0.1, 0.15) is 4.77 Å². The molecule has 0 fully saturated rings. The first-order valence-electron chi connectivity index (χ1n) is 3.35. The zero-order chi connectivity index (χ0) is 8.36. The fourth-order valence-electron chi connectivity index (χ4n) is 0.387. The Kier molecular flexibility index (Phi) is 4.14. The maximum Gasteiger partial charge on any atom is 0.144 e. The SMILES string of the molecule is CC(OC(S)S)C(C)(C)C. The molecule has 0 aromatic rings. The van der Waals surface area contributed by atoms with Gasteiger partial charge in [0.05, 0.1) is 6.10 Å². The second-order valence-electron chi connectivity index (χ2n) is 3.47. The third-order valence-electron chi connectivity index (χ3n) is 1.55. The zero-order valence-corrected chi connectivity index (χ0v) is 8.75. The lowest BCUT2D eigenvalue weighted by atomic mass is 9.90. The van der Waals surface area contributed by atoms with E-state index in [9.17, 15) is 0 Å². The third-order valence-corrected chi connectivity index (χ3v) is 1.79. The molecular formula is C7H16OS2. The van der Waals surface area contributed by atoms with E-state index in [2.05, 4.69) is 46.0 Å². The van der Waals surface area contributed by atoms with Crippen LogP contribution in [0.3, 0.4) is 0 Å². The summed E-state index contributed by atoms with van der Waals surface area (Å²) < 4.78 is 5.07. The standard InChI is InChI=1S/C7H16OS2/c1-5(7(2,3)4)8-6(9)10/h5-6,9-10H,1-4H3. The van der Waals surface area contributed by atoms with E-state index in [-0.39, 0.29) is 16.3 Å². The molecule has 0 saturated heterocycles. The van der Waals surface area contributed by atoms with Crippen molar-refractivity contribution in [3.05, 3.63) is 0 Å². The van der Waals surface area contributed by atoms with Crippen LogP contribution in [0.2, 0.25) is 0 Å². The molecule has 0 rings (SSSR count). The van der Waals surface area contributed by atoms with Crippen LogP contribution in [-0.2, 0) is 4.74 Å². The highest BCUT2D eigenvalue weighted by Gasteiger charge is 2.21. The lowest BCUT2D eigenvalue weighted by Crippen LogP contribution is -2.27. The van der Waals surface area contributed by atoms with Crippen LogP contribution < -0.4 is 0 Å². The van der Waals surface area contributed by atoms with Gasteiger partial charge in [-0.2, -0.15) is 0 Å². The Bertz CT molecular complexity index is 96.3. The van der Waals surface area contributed by atoms with Gasteiger partial charge in [-0.05, 0) is 12.3 Å². The smallest absolute Gasteiger partial charge is 0.144 e. The van der Waals surface area contributed by atoms with Crippen molar-refractivity contribution in [3.8, 4) is 0 Å². The summed E-state index contributed by atoms with van der Waals surface area (Å²) in [5, 5.41) is 0. The van der Waals surface area contributed by atoms with Crippen LogP contribution in [0, 0.1) is 5.41 Å². The molecule has 0 aliphatic carbocycles. The second-order valence-corrected chi connectivity index (χ2v) is 4.82. The van der Waals surface area contributed by atoms with Crippen molar-refractivity contribution in [2.75, 3.05) is 0 Å². The summed E-state index contributed by atoms with van der Waals surface area (Å²) in [6.45, 7) is 8.41. The molecular weight excluding hydrogens is 164 g/mol. The molecule has 0 spiro atoms. The second kappa shape index (κ2) is 3.88. The van der Waals surface area contributed by atoms with Crippen molar-refractivity contribution in [1.82, 2.24) is 0 Å². The first kappa shape index (κ1) is 10.7. The van der Waals surface area contributed by atoms with E-state index in [1.807, 2.05) is 6.92 Å². The Morgan fingerprint density at radius 2 is 1.60 bits per heavy atom. The van der Waals surface area contributed by atoms with Gasteiger partial charge in [0.25, 0.3) is 0 Å². The molecule has 3 heteroatoms. The molecule has 1 unspecified atom stereocenters. The number of rotatable bonds is 2. The van der Waals surface area contributed by atoms with Gasteiger partial charge < -0.3 is 4.74 Å². The Balaban J connectivity index is 3.73. The lowest BCUT2D eigenvalue weighted by molar-refractivity contribution is 0.0115. The van der Waals surface area contributed by atoms with Gasteiger partial charge in [-0.15, -0.1) is 25.3 Å². The number of hydrogen-bond donors (Lipinski definition) is 2. The summed E-state index contributed by atoms with van der Waals surface area (Å²) >= 11 is 8.02. The first-order chi connectivity index (χ1) is 4.34. The average Bonchev–Trinajstić information content (AvgIpc) is 1.60. The minimum Gasteiger partial charge on any atom is -0.355 e. The molecule has 0 aromatic heterocycles. The van der Waals surface area contributed by atoms with Crippen molar-refractivity contribution in [1.29, 1.82) is 0 Å². The van der Waals surface area contributed by atoms with E-state index in [1.165, 1.54) is 0 Å². The normalized spacial score (nSPS) is 15.9. The van der Waals surface area contributed by atoms with Gasteiger partial charge in [-0.25, -0.2) is 0 Å². The van der Waals surface area contributed by atoms with Crippen LogP contribution in [0.5, 0.6) is 0 Å². The molecule has 1 nitrogen and oxygen atoms in total. The number of thiol groups is 2. The molecule has 0 amide bonds. The van der Waals surface area contributed by atoms with Crippen LogP contribution in [0.15, 0.2) is 0 Å². The van der Waals surface area contributed by atoms with Crippen molar-refractivity contribution < 1.29 is 4.74 Å². The summed E-state index contributed by atoms with van der Waals surface area (Å²) in [6, 6.07) is 0. The Labute approximate surface area is 74.4 Å². The van der Waals surface area contributed by atoms with Gasteiger partial charge in [-0.1, -0.05) is 20.8 Å². The molecule has 0 saturated carbocycles. The molecule has 0 bridgehead atoms. The molecule has 62 valence electrons. The van der Waals surface area contributed by atoms with E-state index in [0.717, 1.165) is 0 Å². The molecule has 10 heavy (non-hydrogen) atoms. The summed E-state index contributed by atoms with van der Waals surface area (Å²) in [7, 11) is 0. The highest BCUT2D eigenvalue weighted by molar-refractivity contribution is 7.98. The average molecular weight is 180 g/mol. The van der Waals surface area contributed by atoms with Crippen molar-refractivity contribution >= 4 is 25.3 Å². The summed E-state index contributed by atoms with van der Waals surface area (Å²) in [4.78, 5) is 0. The molecule has 0 aliphatic heterocycles. The van der Waals surface area contributed by atoms with Gasteiger partial charge >= 0.3 is 0 Å². The van der Waals surface area contributed by atoms with Gasteiger partial charge in [0, 0.05) is 0 Å². The van der Waals surface area contributed by atoms with Crippen molar-refractivity contribution in [2.24, 2.45) is 5.41 Å². The zero-order valence-electron chi connectivity index (χ0n) is 6.96. The van der Waals surface area contributed by atoms with Crippen LogP contribution in [-0.4, -0.2) is 10.9 Å². The summed E-state index contributed by atoms with van der Waals surface area (Å²) in [6.07, 6.45) is 0.187. The summed E-state index contributed by atoms with van der Waals surface area (Å²) in [5.74, 6) is 0. The minimum atomic E-state index is -0.269. The van der Waals surface area contributed by atoms with Gasteiger partial charge in [-0.3, -0.25) is 0 Å². The predicted octanol–water partition coefficient (Wildman–Crippen LogP) is 2.58. The molecule has 0 aromatic carbocycles. The summed E-state index contributed by atoms with van der Waals surface area (Å²) in [5.41, 5.74) is 0.170. The fraction of sp³-hybridized carbons (Fsp3) is 1.00. The molecule has 1 atom stereocenters. The van der Waals surface area contributed by atoms with Gasteiger partial charge in [0.15, 0.2) is 0 Å². The van der Waals surface area contributed by atoms with E-state index in [1.54, 1.807) is 0 Å². The molecule has 0 aliphatic rings. The lowest BCUT2D eigenvalue weighted by Gasteiger charge is -2.28. The Morgan fingerprint density at radius 1 is 1.20 bits per heavy atom. The first-order valence-corrected chi connectivity index (χ1v) is 4.39. The predicted molar refractivity (Wildman–Crippen MR) is 51.8 cm³/mol. The van der Waals surface area contributed by atoms with Crippen molar-refractivity contribution in [3.63, 3.8) is 0 Å². The highest BCUT2D eigenvalue weighted by Crippen LogP contribution is 2.24. The topological polar surface area (TPSA) is 9.23 Å².